The number of carbonyl (C=O) groups excluding carboxylic acids is 1. The summed E-state index contributed by atoms with van der Waals surface area (Å²) in [4.78, 5) is 14.0. The van der Waals surface area contributed by atoms with Crippen molar-refractivity contribution in [3.8, 4) is 0 Å². The number of hydrogen-bond donors (Lipinski definition) is 0. The van der Waals surface area contributed by atoms with Crippen LogP contribution in [0.15, 0.2) is 36.4 Å². The van der Waals surface area contributed by atoms with Gasteiger partial charge in [-0.05, 0) is 38.4 Å². The molecule has 20 heavy (non-hydrogen) atoms. The number of nitrogens with zero attached hydrogens (tertiary/aromatic N) is 1. The summed E-state index contributed by atoms with van der Waals surface area (Å²) >= 11 is 0. The predicted molar refractivity (Wildman–Crippen MR) is 81.3 cm³/mol. The van der Waals surface area contributed by atoms with Gasteiger partial charge in [0.2, 0.25) is 0 Å². The van der Waals surface area contributed by atoms with Crippen molar-refractivity contribution >= 4 is 12.0 Å². The maximum Gasteiger partial charge on any atom is 0.309 e. The van der Waals surface area contributed by atoms with Crippen molar-refractivity contribution in [3.05, 3.63) is 42.0 Å². The van der Waals surface area contributed by atoms with Crippen LogP contribution in [-0.2, 0) is 9.53 Å². The fourth-order valence-corrected chi connectivity index (χ4v) is 2.51. The number of piperidine rings is 1. The van der Waals surface area contributed by atoms with Gasteiger partial charge in [0.05, 0.1) is 12.5 Å². The van der Waals surface area contributed by atoms with E-state index in [4.69, 9.17) is 4.74 Å². The SMILES string of the molecule is CCOC(=O)C1CCN(C/C=C\c2ccccc2)CC1. The molecule has 0 bridgehead atoms. The van der Waals surface area contributed by atoms with Gasteiger partial charge >= 0.3 is 5.97 Å². The molecule has 1 aromatic rings. The average molecular weight is 273 g/mol. The Bertz CT molecular complexity index is 434. The molecule has 0 atom stereocenters. The third-order valence-electron chi connectivity index (χ3n) is 3.68. The standard InChI is InChI=1S/C17H23NO2/c1-2-20-17(19)16-10-13-18(14-11-16)12-6-9-15-7-4-3-5-8-15/h3-9,16H,2,10-14H2,1H3/b9-6-. The van der Waals surface area contributed by atoms with Crippen LogP contribution in [0.3, 0.4) is 0 Å². The van der Waals surface area contributed by atoms with Crippen LogP contribution in [0.2, 0.25) is 0 Å². The van der Waals surface area contributed by atoms with Crippen LogP contribution >= 0.6 is 0 Å². The smallest absolute Gasteiger partial charge is 0.309 e. The van der Waals surface area contributed by atoms with E-state index in [-0.39, 0.29) is 11.9 Å². The zero-order valence-corrected chi connectivity index (χ0v) is 12.1. The highest BCUT2D eigenvalue weighted by Gasteiger charge is 2.25. The normalized spacial score (nSPS) is 17.4. The molecule has 3 heteroatoms. The van der Waals surface area contributed by atoms with Gasteiger partial charge < -0.3 is 4.74 Å². The zero-order chi connectivity index (χ0) is 14.2. The van der Waals surface area contributed by atoms with E-state index >= 15 is 0 Å². The van der Waals surface area contributed by atoms with Gasteiger partial charge in [-0.15, -0.1) is 0 Å². The lowest BCUT2D eigenvalue weighted by atomic mass is 9.97. The molecule has 0 N–H and O–H groups in total. The summed E-state index contributed by atoms with van der Waals surface area (Å²) in [5.74, 6) is 0.0799. The molecule has 1 fully saturated rings. The maximum absolute atomic E-state index is 11.6. The Morgan fingerprint density at radius 2 is 2.00 bits per heavy atom. The summed E-state index contributed by atoms with van der Waals surface area (Å²) in [6, 6.07) is 10.3. The Kier molecular flexibility index (Phi) is 5.81. The van der Waals surface area contributed by atoms with E-state index < -0.39 is 0 Å². The van der Waals surface area contributed by atoms with E-state index in [9.17, 15) is 4.79 Å². The molecule has 0 radical (unpaired) electrons. The molecule has 1 aliphatic heterocycles. The molecule has 0 spiro atoms. The van der Waals surface area contributed by atoms with Gasteiger partial charge in [0.1, 0.15) is 0 Å². The molecule has 0 saturated carbocycles. The molecule has 0 aliphatic carbocycles. The van der Waals surface area contributed by atoms with Crippen molar-refractivity contribution in [2.75, 3.05) is 26.2 Å². The monoisotopic (exact) mass is 273 g/mol. The first-order valence-corrected chi connectivity index (χ1v) is 7.40. The third-order valence-corrected chi connectivity index (χ3v) is 3.68. The first-order chi connectivity index (χ1) is 9.79. The van der Waals surface area contributed by atoms with E-state index in [1.165, 1.54) is 5.56 Å². The van der Waals surface area contributed by atoms with Crippen LogP contribution in [-0.4, -0.2) is 37.1 Å². The first kappa shape index (κ1) is 14.8. The number of hydrogen-bond acceptors (Lipinski definition) is 3. The Balaban J connectivity index is 1.72. The minimum Gasteiger partial charge on any atom is -0.466 e. The highest BCUT2D eigenvalue weighted by molar-refractivity contribution is 5.72. The summed E-state index contributed by atoms with van der Waals surface area (Å²) in [6.45, 7) is 5.25. The lowest BCUT2D eigenvalue weighted by Gasteiger charge is -2.29. The first-order valence-electron chi connectivity index (χ1n) is 7.40. The molecule has 0 unspecified atom stereocenters. The van der Waals surface area contributed by atoms with Gasteiger partial charge in [-0.1, -0.05) is 42.5 Å². The van der Waals surface area contributed by atoms with Crippen molar-refractivity contribution in [1.82, 2.24) is 4.90 Å². The Morgan fingerprint density at radius 3 is 2.65 bits per heavy atom. The van der Waals surface area contributed by atoms with E-state index in [2.05, 4.69) is 29.2 Å². The molecular weight excluding hydrogens is 250 g/mol. The molecule has 0 amide bonds. The molecular formula is C17H23NO2. The third kappa shape index (κ3) is 4.49. The van der Waals surface area contributed by atoms with Crippen LogP contribution in [0.1, 0.15) is 25.3 Å². The zero-order valence-electron chi connectivity index (χ0n) is 12.1. The number of esters is 1. The number of likely N-dealkylation sites (tertiary alicyclic amines) is 1. The number of rotatable bonds is 5. The topological polar surface area (TPSA) is 29.5 Å². The Morgan fingerprint density at radius 1 is 1.30 bits per heavy atom. The highest BCUT2D eigenvalue weighted by Crippen LogP contribution is 2.18. The van der Waals surface area contributed by atoms with Crippen molar-refractivity contribution in [1.29, 1.82) is 0 Å². The van der Waals surface area contributed by atoms with Gasteiger partial charge in [-0.25, -0.2) is 0 Å². The van der Waals surface area contributed by atoms with Crippen LogP contribution in [0.5, 0.6) is 0 Å². The van der Waals surface area contributed by atoms with E-state index in [0.717, 1.165) is 32.5 Å². The van der Waals surface area contributed by atoms with Crippen LogP contribution in [0, 0.1) is 5.92 Å². The fraction of sp³-hybridized carbons (Fsp3) is 0.471. The molecule has 1 heterocycles. The average Bonchev–Trinajstić information content (AvgIpc) is 2.49. The van der Waals surface area contributed by atoms with E-state index in [0.29, 0.717) is 6.61 Å². The van der Waals surface area contributed by atoms with E-state index in [1.54, 1.807) is 0 Å². The van der Waals surface area contributed by atoms with Gasteiger partial charge in [0.25, 0.3) is 0 Å². The number of ether oxygens (including phenoxy) is 1. The van der Waals surface area contributed by atoms with Crippen molar-refractivity contribution in [3.63, 3.8) is 0 Å². The summed E-state index contributed by atoms with van der Waals surface area (Å²) in [5, 5.41) is 0. The quantitative estimate of drug-likeness (QED) is 0.772. The number of benzene rings is 1. The lowest BCUT2D eigenvalue weighted by molar-refractivity contribution is -0.149. The van der Waals surface area contributed by atoms with Crippen LogP contribution < -0.4 is 0 Å². The molecule has 1 aliphatic rings. The van der Waals surface area contributed by atoms with Gasteiger partial charge in [0, 0.05) is 6.54 Å². The minimum atomic E-state index is -0.0213. The second kappa shape index (κ2) is 7.85. The van der Waals surface area contributed by atoms with Crippen molar-refractivity contribution < 1.29 is 9.53 Å². The largest absolute Gasteiger partial charge is 0.466 e. The number of carbonyl (C=O) groups is 1. The molecule has 0 aromatic heterocycles. The minimum absolute atomic E-state index is 0.0213. The molecule has 3 nitrogen and oxygen atoms in total. The summed E-state index contributed by atoms with van der Waals surface area (Å²) in [6.07, 6.45) is 6.17. The van der Waals surface area contributed by atoms with Crippen LogP contribution in [0.4, 0.5) is 0 Å². The predicted octanol–water partition coefficient (Wildman–Crippen LogP) is 2.97. The van der Waals surface area contributed by atoms with E-state index in [1.807, 2.05) is 25.1 Å². The Hall–Kier alpha value is -1.61. The summed E-state index contributed by atoms with van der Waals surface area (Å²) in [5.41, 5.74) is 1.23. The molecule has 1 saturated heterocycles. The molecule has 2 rings (SSSR count). The van der Waals surface area contributed by atoms with Crippen molar-refractivity contribution in [2.24, 2.45) is 5.92 Å². The molecule has 108 valence electrons. The highest BCUT2D eigenvalue weighted by atomic mass is 16.5. The Labute approximate surface area is 121 Å². The summed E-state index contributed by atoms with van der Waals surface area (Å²) in [7, 11) is 0. The second-order valence-corrected chi connectivity index (χ2v) is 5.14. The van der Waals surface area contributed by atoms with Crippen molar-refractivity contribution in [2.45, 2.75) is 19.8 Å². The van der Waals surface area contributed by atoms with Gasteiger partial charge in [-0.2, -0.15) is 0 Å². The fourth-order valence-electron chi connectivity index (χ4n) is 2.51. The van der Waals surface area contributed by atoms with Crippen LogP contribution in [0.25, 0.3) is 6.08 Å². The van der Waals surface area contributed by atoms with Gasteiger partial charge in [-0.3, -0.25) is 9.69 Å². The molecule has 1 aromatic carbocycles. The second-order valence-electron chi connectivity index (χ2n) is 5.14. The maximum atomic E-state index is 11.6. The lowest BCUT2D eigenvalue weighted by Crippen LogP contribution is -2.36. The summed E-state index contributed by atoms with van der Waals surface area (Å²) < 4.78 is 5.08. The van der Waals surface area contributed by atoms with Gasteiger partial charge in [0.15, 0.2) is 0 Å².